The van der Waals surface area contributed by atoms with Gasteiger partial charge in [-0.05, 0) is 35.9 Å². The number of carbonyl (C=O) groups excluding carboxylic acids is 2. The van der Waals surface area contributed by atoms with Crippen LogP contribution in [0.4, 0.5) is 4.39 Å². The molecule has 0 fully saturated rings. The van der Waals surface area contributed by atoms with Crippen molar-refractivity contribution in [2.45, 2.75) is 12.5 Å². The van der Waals surface area contributed by atoms with Gasteiger partial charge in [0.15, 0.2) is 0 Å². The van der Waals surface area contributed by atoms with E-state index in [0.29, 0.717) is 0 Å². The van der Waals surface area contributed by atoms with Gasteiger partial charge in [0.2, 0.25) is 0 Å². The number of aliphatic carboxylic acids is 1. The number of para-hydroxylation sites is 1. The monoisotopic (exact) mass is 325 g/mol. The molecule has 6 heteroatoms. The second-order valence-electron chi connectivity index (χ2n) is 5.42. The molecular weight excluding hydrogens is 311 g/mol. The molecule has 1 amide bonds. The Balaban J connectivity index is 1.79. The van der Waals surface area contributed by atoms with E-state index in [0.717, 1.165) is 28.6 Å². The lowest BCUT2D eigenvalue weighted by Crippen LogP contribution is -2.49. The van der Waals surface area contributed by atoms with Gasteiger partial charge in [0.25, 0.3) is 5.91 Å². The molecule has 0 unspecified atom stereocenters. The highest BCUT2D eigenvalue weighted by Gasteiger charge is 2.17. The Labute approximate surface area is 137 Å². The molecule has 5 nitrogen and oxygen atoms in total. The first-order valence-corrected chi connectivity index (χ1v) is 7.37. The van der Waals surface area contributed by atoms with Crippen molar-refractivity contribution in [3.63, 3.8) is 0 Å². The van der Waals surface area contributed by atoms with E-state index in [9.17, 15) is 19.1 Å². The Hall–Kier alpha value is -3.15. The molecule has 0 aliphatic carbocycles. The van der Waals surface area contributed by atoms with Crippen LogP contribution in [0.2, 0.25) is 0 Å². The largest absolute Gasteiger partial charge is 0.548 e. The van der Waals surface area contributed by atoms with Crippen molar-refractivity contribution in [3.05, 3.63) is 71.7 Å². The van der Waals surface area contributed by atoms with Gasteiger partial charge in [0.1, 0.15) is 5.82 Å². The first-order valence-electron chi connectivity index (χ1n) is 7.37. The normalized spacial score (nSPS) is 12.0. The molecule has 2 N–H and O–H groups in total. The molecule has 0 aliphatic rings. The summed E-state index contributed by atoms with van der Waals surface area (Å²) in [4.78, 5) is 26.6. The van der Waals surface area contributed by atoms with Gasteiger partial charge in [-0.15, -0.1) is 0 Å². The van der Waals surface area contributed by atoms with Gasteiger partial charge in [-0.25, -0.2) is 4.39 Å². The number of halogens is 1. The molecule has 0 saturated heterocycles. The van der Waals surface area contributed by atoms with Crippen LogP contribution in [0.5, 0.6) is 0 Å². The Bertz CT molecular complexity index is 887. The van der Waals surface area contributed by atoms with Crippen LogP contribution in [0.25, 0.3) is 10.9 Å². The summed E-state index contributed by atoms with van der Waals surface area (Å²) in [5, 5.41) is 14.7. The Morgan fingerprint density at radius 2 is 1.83 bits per heavy atom. The minimum Gasteiger partial charge on any atom is -0.548 e. The van der Waals surface area contributed by atoms with Crippen LogP contribution in [0.15, 0.2) is 54.7 Å². The molecule has 0 bridgehead atoms. The number of fused-ring (bicyclic) bond motifs is 1. The minimum atomic E-state index is -1.38. The Kier molecular flexibility index (Phi) is 4.29. The smallest absolute Gasteiger partial charge is 0.251 e. The number of benzene rings is 2. The molecule has 24 heavy (non-hydrogen) atoms. The molecule has 0 saturated carbocycles. The summed E-state index contributed by atoms with van der Waals surface area (Å²) < 4.78 is 12.9. The van der Waals surface area contributed by atoms with Crippen LogP contribution in [-0.2, 0) is 11.2 Å². The summed E-state index contributed by atoms with van der Waals surface area (Å²) in [7, 11) is 0. The van der Waals surface area contributed by atoms with Crippen molar-refractivity contribution in [2.75, 3.05) is 0 Å². The minimum absolute atomic E-state index is 0.0826. The maximum absolute atomic E-state index is 12.9. The first kappa shape index (κ1) is 15.7. The predicted octanol–water partition coefficient (Wildman–Crippen LogP) is 1.40. The molecule has 0 radical (unpaired) electrons. The number of carboxylic acid groups (broad SMARTS) is 1. The van der Waals surface area contributed by atoms with E-state index in [1.54, 1.807) is 6.20 Å². The lowest BCUT2D eigenvalue weighted by molar-refractivity contribution is -0.308. The highest BCUT2D eigenvalue weighted by Crippen LogP contribution is 2.19. The molecular formula is C18H14FN2O3-. The number of rotatable bonds is 5. The summed E-state index contributed by atoms with van der Waals surface area (Å²) in [5.41, 5.74) is 1.83. The summed E-state index contributed by atoms with van der Waals surface area (Å²) in [6.07, 6.45) is 1.80. The summed E-state index contributed by atoms with van der Waals surface area (Å²) in [6.45, 7) is 0. The second-order valence-corrected chi connectivity index (χ2v) is 5.42. The van der Waals surface area contributed by atoms with Crippen molar-refractivity contribution < 1.29 is 19.1 Å². The Morgan fingerprint density at radius 3 is 2.54 bits per heavy atom. The molecule has 1 atom stereocenters. The molecule has 1 heterocycles. The maximum Gasteiger partial charge on any atom is 0.251 e. The number of hydrogen-bond donors (Lipinski definition) is 2. The zero-order valence-corrected chi connectivity index (χ0v) is 12.6. The van der Waals surface area contributed by atoms with Crippen LogP contribution < -0.4 is 10.4 Å². The van der Waals surface area contributed by atoms with E-state index in [-0.39, 0.29) is 12.0 Å². The van der Waals surface area contributed by atoms with Gasteiger partial charge in [-0.3, -0.25) is 4.79 Å². The first-order chi connectivity index (χ1) is 11.5. The number of amides is 1. The van der Waals surface area contributed by atoms with E-state index in [1.165, 1.54) is 12.1 Å². The highest BCUT2D eigenvalue weighted by molar-refractivity contribution is 5.96. The number of aromatic nitrogens is 1. The summed E-state index contributed by atoms with van der Waals surface area (Å²) in [5.74, 6) is -2.44. The van der Waals surface area contributed by atoms with Crippen LogP contribution >= 0.6 is 0 Å². The quantitative estimate of drug-likeness (QED) is 0.743. The van der Waals surface area contributed by atoms with Crippen LogP contribution in [0.1, 0.15) is 15.9 Å². The predicted molar refractivity (Wildman–Crippen MR) is 84.7 cm³/mol. The van der Waals surface area contributed by atoms with Gasteiger partial charge < -0.3 is 20.2 Å². The number of H-pyrrole nitrogens is 1. The summed E-state index contributed by atoms with van der Waals surface area (Å²) >= 11 is 0. The third kappa shape index (κ3) is 3.27. The lowest BCUT2D eigenvalue weighted by Gasteiger charge is -2.19. The highest BCUT2D eigenvalue weighted by atomic mass is 19.1. The van der Waals surface area contributed by atoms with Gasteiger partial charge >= 0.3 is 0 Å². The summed E-state index contributed by atoms with van der Waals surface area (Å²) in [6, 6.07) is 11.2. The van der Waals surface area contributed by atoms with Gasteiger partial charge in [-0.2, -0.15) is 0 Å². The fourth-order valence-electron chi connectivity index (χ4n) is 2.56. The number of nitrogens with one attached hydrogen (secondary N) is 2. The van der Waals surface area contributed by atoms with Crippen molar-refractivity contribution in [1.82, 2.24) is 10.3 Å². The van der Waals surface area contributed by atoms with Crippen molar-refractivity contribution in [2.24, 2.45) is 0 Å². The topological polar surface area (TPSA) is 85.0 Å². The van der Waals surface area contributed by atoms with Crippen molar-refractivity contribution in [3.8, 4) is 0 Å². The number of hydrogen-bond acceptors (Lipinski definition) is 3. The number of carboxylic acids is 1. The molecule has 0 aliphatic heterocycles. The average molecular weight is 325 g/mol. The fourth-order valence-corrected chi connectivity index (χ4v) is 2.56. The molecule has 122 valence electrons. The van der Waals surface area contributed by atoms with E-state index >= 15 is 0 Å². The molecule has 1 aromatic heterocycles. The van der Waals surface area contributed by atoms with Crippen molar-refractivity contribution in [1.29, 1.82) is 0 Å². The maximum atomic E-state index is 12.9. The molecule has 3 rings (SSSR count). The van der Waals surface area contributed by atoms with Crippen LogP contribution in [-0.4, -0.2) is 22.9 Å². The van der Waals surface area contributed by atoms with E-state index in [1.807, 2.05) is 24.3 Å². The van der Waals surface area contributed by atoms with Crippen LogP contribution in [0, 0.1) is 5.82 Å². The van der Waals surface area contributed by atoms with Gasteiger partial charge in [0.05, 0.1) is 12.0 Å². The van der Waals surface area contributed by atoms with Crippen LogP contribution in [0.3, 0.4) is 0 Å². The standard InChI is InChI=1S/C18H15FN2O3/c19-13-7-5-11(6-8-13)17(22)21-16(18(23)24)9-12-10-20-15-4-2-1-3-14(12)15/h1-8,10,16,20H,9H2,(H,21,22)(H,23,24)/p-1/t16-/m0/s1. The molecule has 0 spiro atoms. The zero-order chi connectivity index (χ0) is 17.1. The number of carbonyl (C=O) groups is 2. The van der Waals surface area contributed by atoms with E-state index < -0.39 is 23.7 Å². The number of aromatic amines is 1. The zero-order valence-electron chi connectivity index (χ0n) is 12.6. The molecule has 2 aromatic carbocycles. The SMILES string of the molecule is O=C(N[C@@H](Cc1c[nH]c2ccccc12)C(=O)[O-])c1ccc(F)cc1. The Morgan fingerprint density at radius 1 is 1.12 bits per heavy atom. The molecule has 3 aromatic rings. The lowest BCUT2D eigenvalue weighted by atomic mass is 10.0. The third-order valence-electron chi connectivity index (χ3n) is 3.80. The fraction of sp³-hybridized carbons (Fsp3) is 0.111. The van der Waals surface area contributed by atoms with E-state index in [2.05, 4.69) is 10.3 Å². The average Bonchev–Trinajstić information content (AvgIpc) is 2.98. The van der Waals surface area contributed by atoms with Crippen molar-refractivity contribution >= 4 is 22.8 Å². The third-order valence-corrected chi connectivity index (χ3v) is 3.80. The van der Waals surface area contributed by atoms with E-state index in [4.69, 9.17) is 0 Å². The van der Waals surface area contributed by atoms with Gasteiger partial charge in [-0.1, -0.05) is 18.2 Å². The van der Waals surface area contributed by atoms with Gasteiger partial charge in [0, 0.05) is 29.1 Å². The second kappa shape index (κ2) is 6.54.